The minimum Gasteiger partial charge on any atom is -0.390 e. The molecule has 0 unspecified atom stereocenters. The SMILES string of the molecule is Cn1c(-c2ccccc2)nc2cc(-c3nc(C4CC(C)(O)C4)n4ccnc(N)c34)ccc21. The van der Waals surface area contributed by atoms with Crippen LogP contribution in [-0.4, -0.2) is 34.6 Å². The number of hydrogen-bond donors (Lipinski definition) is 2. The van der Waals surface area contributed by atoms with Crippen LogP contribution in [0.3, 0.4) is 0 Å². The number of hydrogen-bond acceptors (Lipinski definition) is 5. The van der Waals surface area contributed by atoms with E-state index in [1.165, 1.54) is 0 Å². The maximum absolute atomic E-state index is 10.3. The highest BCUT2D eigenvalue weighted by molar-refractivity contribution is 5.91. The van der Waals surface area contributed by atoms with Crippen LogP contribution < -0.4 is 5.73 Å². The molecule has 1 fully saturated rings. The summed E-state index contributed by atoms with van der Waals surface area (Å²) in [5, 5.41) is 10.3. The summed E-state index contributed by atoms with van der Waals surface area (Å²) < 4.78 is 4.13. The van der Waals surface area contributed by atoms with Gasteiger partial charge in [0.1, 0.15) is 28.7 Å². The number of aromatic nitrogens is 5. The standard InChI is InChI=1S/C25H24N6O/c1-25(32)13-17(14-25)24-29-20(21-22(26)27-10-11-31(21)24)16-8-9-19-18(12-16)28-23(30(19)2)15-6-4-3-5-7-15/h3-12,17,32H,13-14H2,1-2H3,(H2,26,27). The molecule has 160 valence electrons. The third kappa shape index (κ3) is 2.81. The number of nitrogen functional groups attached to an aromatic ring is 1. The Bertz CT molecular complexity index is 1470. The second-order valence-electron chi connectivity index (χ2n) is 9.02. The van der Waals surface area contributed by atoms with Gasteiger partial charge in [0.25, 0.3) is 0 Å². The lowest BCUT2D eigenvalue weighted by molar-refractivity contribution is -0.0335. The Balaban J connectivity index is 1.51. The van der Waals surface area contributed by atoms with Gasteiger partial charge in [0.2, 0.25) is 0 Å². The molecule has 1 saturated carbocycles. The van der Waals surface area contributed by atoms with E-state index >= 15 is 0 Å². The van der Waals surface area contributed by atoms with Crippen LogP contribution in [0.25, 0.3) is 39.2 Å². The van der Waals surface area contributed by atoms with Crippen molar-refractivity contribution < 1.29 is 5.11 Å². The van der Waals surface area contributed by atoms with E-state index in [1.54, 1.807) is 6.20 Å². The first kappa shape index (κ1) is 19.0. The Labute approximate surface area is 185 Å². The fourth-order valence-electron chi connectivity index (χ4n) is 4.95. The number of nitrogens with two attached hydrogens (primary N) is 1. The molecular weight excluding hydrogens is 400 g/mol. The zero-order valence-electron chi connectivity index (χ0n) is 18.0. The number of anilines is 1. The molecule has 0 aliphatic heterocycles. The van der Waals surface area contributed by atoms with Gasteiger partial charge in [-0.05, 0) is 31.9 Å². The van der Waals surface area contributed by atoms with Crippen LogP contribution in [0, 0.1) is 0 Å². The van der Waals surface area contributed by atoms with Gasteiger partial charge in [-0.1, -0.05) is 36.4 Å². The number of benzene rings is 2. The average molecular weight is 425 g/mol. The monoisotopic (exact) mass is 424 g/mol. The molecule has 0 radical (unpaired) electrons. The lowest BCUT2D eigenvalue weighted by atomic mass is 9.72. The normalized spacial score (nSPS) is 20.7. The Hall–Kier alpha value is -3.71. The maximum Gasteiger partial charge on any atom is 0.150 e. The second kappa shape index (κ2) is 6.64. The molecule has 2 aromatic carbocycles. The summed E-state index contributed by atoms with van der Waals surface area (Å²) in [6.07, 6.45) is 4.97. The van der Waals surface area contributed by atoms with Crippen LogP contribution in [0.1, 0.15) is 31.5 Å². The Kier molecular flexibility index (Phi) is 3.95. The van der Waals surface area contributed by atoms with Crippen LogP contribution >= 0.6 is 0 Å². The molecule has 7 nitrogen and oxygen atoms in total. The van der Waals surface area contributed by atoms with Crippen molar-refractivity contribution >= 4 is 22.4 Å². The molecule has 6 rings (SSSR count). The van der Waals surface area contributed by atoms with E-state index in [0.29, 0.717) is 18.7 Å². The van der Waals surface area contributed by atoms with Crippen molar-refractivity contribution in [2.75, 3.05) is 5.73 Å². The molecule has 1 aliphatic carbocycles. The molecule has 7 heteroatoms. The van der Waals surface area contributed by atoms with Gasteiger partial charge >= 0.3 is 0 Å². The molecule has 3 heterocycles. The summed E-state index contributed by atoms with van der Waals surface area (Å²) in [4.78, 5) is 14.2. The molecule has 0 saturated heterocycles. The van der Waals surface area contributed by atoms with Crippen LogP contribution in [-0.2, 0) is 7.05 Å². The summed E-state index contributed by atoms with van der Waals surface area (Å²) in [6, 6.07) is 16.4. The summed E-state index contributed by atoms with van der Waals surface area (Å²) in [5.41, 5.74) is 11.2. The van der Waals surface area contributed by atoms with Gasteiger partial charge in [0.15, 0.2) is 0 Å². The molecular formula is C25H24N6O. The highest BCUT2D eigenvalue weighted by Gasteiger charge is 2.41. The number of nitrogens with zero attached hydrogens (tertiary/aromatic N) is 5. The molecule has 32 heavy (non-hydrogen) atoms. The van der Waals surface area contributed by atoms with Crippen molar-refractivity contribution in [2.24, 2.45) is 7.05 Å². The van der Waals surface area contributed by atoms with Gasteiger partial charge in [-0.25, -0.2) is 15.0 Å². The highest BCUT2D eigenvalue weighted by Crippen LogP contribution is 2.45. The number of aryl methyl sites for hydroxylation is 1. The zero-order chi connectivity index (χ0) is 22.0. The topological polar surface area (TPSA) is 94.3 Å². The van der Waals surface area contributed by atoms with Gasteiger partial charge in [-0.2, -0.15) is 0 Å². The van der Waals surface area contributed by atoms with Gasteiger partial charge in [0.05, 0.1) is 16.6 Å². The van der Waals surface area contributed by atoms with Crippen molar-refractivity contribution in [3.05, 3.63) is 66.7 Å². The van der Waals surface area contributed by atoms with Crippen molar-refractivity contribution in [2.45, 2.75) is 31.3 Å². The smallest absolute Gasteiger partial charge is 0.150 e. The second-order valence-corrected chi connectivity index (χ2v) is 9.02. The average Bonchev–Trinajstić information content (AvgIpc) is 3.31. The number of rotatable bonds is 3. The Morgan fingerprint density at radius 3 is 2.59 bits per heavy atom. The van der Waals surface area contributed by atoms with Crippen molar-refractivity contribution in [1.29, 1.82) is 0 Å². The maximum atomic E-state index is 10.3. The zero-order valence-corrected chi connectivity index (χ0v) is 18.0. The van der Waals surface area contributed by atoms with Gasteiger partial charge in [-0.15, -0.1) is 0 Å². The fraction of sp³-hybridized carbons (Fsp3) is 0.240. The molecule has 5 aromatic rings. The fourth-order valence-corrected chi connectivity index (χ4v) is 4.95. The lowest BCUT2D eigenvalue weighted by Crippen LogP contribution is -2.40. The third-order valence-electron chi connectivity index (χ3n) is 6.53. The van der Waals surface area contributed by atoms with Crippen molar-refractivity contribution in [3.8, 4) is 22.6 Å². The molecule has 0 amide bonds. The predicted molar refractivity (Wildman–Crippen MR) is 125 cm³/mol. The van der Waals surface area contributed by atoms with Gasteiger partial charge in [0, 0.05) is 36.5 Å². The summed E-state index contributed by atoms with van der Waals surface area (Å²) in [5.74, 6) is 2.47. The summed E-state index contributed by atoms with van der Waals surface area (Å²) in [7, 11) is 2.03. The minimum atomic E-state index is -0.629. The molecule has 0 atom stereocenters. The first-order valence-corrected chi connectivity index (χ1v) is 10.8. The van der Waals surface area contributed by atoms with Gasteiger partial charge < -0.3 is 15.4 Å². The third-order valence-corrected chi connectivity index (χ3v) is 6.53. The number of aliphatic hydroxyl groups is 1. The largest absolute Gasteiger partial charge is 0.390 e. The quantitative estimate of drug-likeness (QED) is 0.454. The van der Waals surface area contributed by atoms with Crippen molar-refractivity contribution in [1.82, 2.24) is 23.9 Å². The van der Waals surface area contributed by atoms with Crippen molar-refractivity contribution in [3.63, 3.8) is 0 Å². The first-order chi connectivity index (χ1) is 15.4. The molecule has 0 spiro atoms. The first-order valence-electron chi connectivity index (χ1n) is 10.8. The van der Waals surface area contributed by atoms with E-state index in [2.05, 4.69) is 39.9 Å². The van der Waals surface area contributed by atoms with Crippen LogP contribution in [0.5, 0.6) is 0 Å². The summed E-state index contributed by atoms with van der Waals surface area (Å²) >= 11 is 0. The van der Waals surface area contributed by atoms with Crippen LogP contribution in [0.15, 0.2) is 60.9 Å². The van der Waals surface area contributed by atoms with E-state index in [0.717, 1.165) is 45.0 Å². The molecule has 3 N–H and O–H groups in total. The molecule has 1 aliphatic rings. The highest BCUT2D eigenvalue weighted by atomic mass is 16.3. The summed E-state index contributed by atoms with van der Waals surface area (Å²) in [6.45, 7) is 1.87. The molecule has 0 bridgehead atoms. The van der Waals surface area contributed by atoms with E-state index in [9.17, 15) is 5.11 Å². The minimum absolute atomic E-state index is 0.191. The van der Waals surface area contributed by atoms with Gasteiger partial charge in [-0.3, -0.25) is 4.40 Å². The number of fused-ring (bicyclic) bond motifs is 2. The van der Waals surface area contributed by atoms with E-state index in [1.807, 2.05) is 42.8 Å². The Morgan fingerprint density at radius 1 is 1.06 bits per heavy atom. The van der Waals surface area contributed by atoms with E-state index in [4.69, 9.17) is 15.7 Å². The number of imidazole rings is 2. The lowest BCUT2D eigenvalue weighted by Gasteiger charge is -2.40. The van der Waals surface area contributed by atoms with Crippen LogP contribution in [0.2, 0.25) is 0 Å². The Morgan fingerprint density at radius 2 is 1.84 bits per heavy atom. The predicted octanol–water partition coefficient (Wildman–Crippen LogP) is 4.16. The van der Waals surface area contributed by atoms with E-state index in [-0.39, 0.29) is 5.92 Å². The van der Waals surface area contributed by atoms with Crippen LogP contribution in [0.4, 0.5) is 5.82 Å². The van der Waals surface area contributed by atoms with E-state index < -0.39 is 5.60 Å². The molecule has 3 aromatic heterocycles.